The smallest absolute Gasteiger partial charge is 0.280 e. The minimum atomic E-state index is -0.378. The van der Waals surface area contributed by atoms with Gasteiger partial charge in [0.15, 0.2) is 5.75 Å². The predicted molar refractivity (Wildman–Crippen MR) is 86.7 cm³/mol. The van der Waals surface area contributed by atoms with E-state index in [0.29, 0.717) is 30.3 Å². The van der Waals surface area contributed by atoms with Gasteiger partial charge in [-0.1, -0.05) is 17.7 Å². The van der Waals surface area contributed by atoms with Crippen molar-refractivity contribution >= 4 is 23.4 Å². The highest BCUT2D eigenvalue weighted by atomic mass is 35.5. The Hall–Kier alpha value is -2.21. The van der Waals surface area contributed by atoms with Crippen molar-refractivity contribution in [2.75, 3.05) is 27.3 Å². The van der Waals surface area contributed by atoms with Crippen LogP contribution in [0.1, 0.15) is 23.7 Å². The van der Waals surface area contributed by atoms with Gasteiger partial charge in [-0.3, -0.25) is 9.59 Å². The van der Waals surface area contributed by atoms with E-state index in [4.69, 9.17) is 21.1 Å². The van der Waals surface area contributed by atoms with Crippen molar-refractivity contribution in [2.24, 2.45) is 0 Å². The molecule has 0 unspecified atom stereocenters. The SMILES string of the molecule is C/C=C/C(=O)N1CCCN1C(=O)c1c(OC)ccc(Cl)c1OC. The molecule has 0 aromatic heterocycles. The van der Waals surface area contributed by atoms with E-state index in [-0.39, 0.29) is 23.1 Å². The maximum Gasteiger partial charge on any atom is 0.280 e. The molecule has 0 atom stereocenters. The van der Waals surface area contributed by atoms with Crippen molar-refractivity contribution in [3.63, 3.8) is 0 Å². The van der Waals surface area contributed by atoms with Crippen molar-refractivity contribution in [1.82, 2.24) is 10.0 Å². The number of benzene rings is 1. The van der Waals surface area contributed by atoms with E-state index in [1.165, 1.54) is 30.3 Å². The Morgan fingerprint density at radius 2 is 1.87 bits per heavy atom. The first-order valence-electron chi connectivity index (χ1n) is 7.21. The molecule has 0 spiro atoms. The Morgan fingerprint density at radius 3 is 2.48 bits per heavy atom. The first kappa shape index (κ1) is 17.1. The van der Waals surface area contributed by atoms with Gasteiger partial charge in [-0.05, 0) is 25.5 Å². The van der Waals surface area contributed by atoms with Gasteiger partial charge < -0.3 is 9.47 Å². The number of halogens is 1. The molecule has 1 aromatic rings. The number of carbonyl (C=O) groups excluding carboxylic acids is 2. The van der Waals surface area contributed by atoms with Gasteiger partial charge in [0.1, 0.15) is 11.3 Å². The summed E-state index contributed by atoms with van der Waals surface area (Å²) in [4.78, 5) is 25.1. The second kappa shape index (κ2) is 7.37. The summed E-state index contributed by atoms with van der Waals surface area (Å²) in [7, 11) is 2.90. The zero-order valence-corrected chi connectivity index (χ0v) is 14.1. The fourth-order valence-corrected chi connectivity index (χ4v) is 2.76. The van der Waals surface area contributed by atoms with Crippen LogP contribution in [-0.2, 0) is 4.79 Å². The number of methoxy groups -OCH3 is 2. The van der Waals surface area contributed by atoms with Crippen molar-refractivity contribution < 1.29 is 19.1 Å². The number of hydrazine groups is 1. The lowest BCUT2D eigenvalue weighted by molar-refractivity contribution is -0.135. The standard InChI is InChI=1S/C16H19ClN2O4/c1-4-6-13(20)18-9-5-10-19(18)16(21)14-12(22-2)8-7-11(17)15(14)23-3/h4,6-8H,5,9-10H2,1-3H3/b6-4+. The monoisotopic (exact) mass is 338 g/mol. The molecular weight excluding hydrogens is 320 g/mol. The zero-order valence-electron chi connectivity index (χ0n) is 13.3. The lowest BCUT2D eigenvalue weighted by Crippen LogP contribution is -2.44. The Labute approximate surface area is 140 Å². The lowest BCUT2D eigenvalue weighted by Gasteiger charge is -2.28. The fraction of sp³-hybridized carbons (Fsp3) is 0.375. The van der Waals surface area contributed by atoms with E-state index in [9.17, 15) is 9.59 Å². The number of rotatable bonds is 4. The van der Waals surface area contributed by atoms with Crippen molar-refractivity contribution in [2.45, 2.75) is 13.3 Å². The summed E-state index contributed by atoms with van der Waals surface area (Å²) in [6, 6.07) is 3.20. The van der Waals surface area contributed by atoms with Gasteiger partial charge in [-0.15, -0.1) is 0 Å². The molecule has 1 aliphatic rings. The first-order chi connectivity index (χ1) is 11.0. The minimum Gasteiger partial charge on any atom is -0.496 e. The number of nitrogens with zero attached hydrogens (tertiary/aromatic N) is 2. The largest absolute Gasteiger partial charge is 0.496 e. The highest BCUT2D eigenvalue weighted by Gasteiger charge is 2.34. The third-order valence-electron chi connectivity index (χ3n) is 3.54. The Balaban J connectivity index is 2.43. The van der Waals surface area contributed by atoms with Gasteiger partial charge in [-0.25, -0.2) is 10.0 Å². The van der Waals surface area contributed by atoms with Crippen LogP contribution in [0, 0.1) is 0 Å². The van der Waals surface area contributed by atoms with Crippen LogP contribution in [0.4, 0.5) is 0 Å². The molecule has 0 N–H and O–H groups in total. The molecular formula is C16H19ClN2O4. The van der Waals surface area contributed by atoms with E-state index in [1.54, 1.807) is 25.1 Å². The Morgan fingerprint density at radius 1 is 1.17 bits per heavy atom. The summed E-state index contributed by atoms with van der Waals surface area (Å²) in [5.74, 6) is -0.0298. The minimum absolute atomic E-state index is 0.211. The highest BCUT2D eigenvalue weighted by molar-refractivity contribution is 6.32. The Bertz CT molecular complexity index is 645. The normalized spacial score (nSPS) is 14.4. The molecule has 6 nitrogen and oxygen atoms in total. The van der Waals surface area contributed by atoms with Gasteiger partial charge >= 0.3 is 0 Å². The molecule has 0 bridgehead atoms. The average molecular weight is 339 g/mol. The van der Waals surface area contributed by atoms with E-state index in [2.05, 4.69) is 0 Å². The van der Waals surface area contributed by atoms with Gasteiger partial charge in [-0.2, -0.15) is 0 Å². The van der Waals surface area contributed by atoms with Crippen LogP contribution in [-0.4, -0.2) is 49.1 Å². The summed E-state index contributed by atoms with van der Waals surface area (Å²) >= 11 is 6.11. The summed E-state index contributed by atoms with van der Waals surface area (Å²) in [6.45, 7) is 2.68. The van der Waals surface area contributed by atoms with Crippen LogP contribution < -0.4 is 9.47 Å². The summed E-state index contributed by atoms with van der Waals surface area (Å²) < 4.78 is 10.5. The molecule has 1 saturated heterocycles. The van der Waals surface area contributed by atoms with Gasteiger partial charge in [0.25, 0.3) is 11.8 Å². The molecule has 1 heterocycles. The van der Waals surface area contributed by atoms with Gasteiger partial charge in [0.05, 0.1) is 19.2 Å². The van der Waals surface area contributed by atoms with Crippen LogP contribution in [0.15, 0.2) is 24.3 Å². The molecule has 1 aromatic carbocycles. The van der Waals surface area contributed by atoms with Gasteiger partial charge in [0.2, 0.25) is 0 Å². The second-order valence-corrected chi connectivity index (χ2v) is 5.31. The van der Waals surface area contributed by atoms with Crippen LogP contribution in [0.2, 0.25) is 5.02 Å². The van der Waals surface area contributed by atoms with E-state index in [1.807, 2.05) is 0 Å². The molecule has 1 aliphatic heterocycles. The zero-order chi connectivity index (χ0) is 17.0. The summed E-state index contributed by atoms with van der Waals surface area (Å²) in [6.07, 6.45) is 3.78. The topological polar surface area (TPSA) is 59.1 Å². The number of hydrogen-bond acceptors (Lipinski definition) is 4. The van der Waals surface area contributed by atoms with Crippen molar-refractivity contribution in [1.29, 1.82) is 0 Å². The van der Waals surface area contributed by atoms with E-state index >= 15 is 0 Å². The van der Waals surface area contributed by atoms with Crippen LogP contribution in [0.5, 0.6) is 11.5 Å². The molecule has 0 radical (unpaired) electrons. The summed E-state index contributed by atoms with van der Waals surface area (Å²) in [5.41, 5.74) is 0.211. The number of allylic oxidation sites excluding steroid dienone is 1. The third-order valence-corrected chi connectivity index (χ3v) is 3.84. The summed E-state index contributed by atoms with van der Waals surface area (Å²) in [5, 5.41) is 3.13. The number of carbonyl (C=O) groups is 2. The quantitative estimate of drug-likeness (QED) is 0.791. The molecule has 7 heteroatoms. The first-order valence-corrected chi connectivity index (χ1v) is 7.59. The average Bonchev–Trinajstić information content (AvgIpc) is 3.03. The van der Waals surface area contributed by atoms with Crippen LogP contribution >= 0.6 is 11.6 Å². The molecule has 2 rings (SSSR count). The van der Waals surface area contributed by atoms with Crippen LogP contribution in [0.25, 0.3) is 0 Å². The molecule has 0 aliphatic carbocycles. The molecule has 1 fully saturated rings. The van der Waals surface area contributed by atoms with Crippen molar-refractivity contribution in [3.8, 4) is 11.5 Å². The third kappa shape index (κ3) is 3.27. The molecule has 0 saturated carbocycles. The maximum atomic E-state index is 13.0. The number of hydrogen-bond donors (Lipinski definition) is 0. The molecule has 2 amide bonds. The maximum absolute atomic E-state index is 13.0. The van der Waals surface area contributed by atoms with E-state index in [0.717, 1.165) is 0 Å². The van der Waals surface area contributed by atoms with Crippen molar-refractivity contribution in [3.05, 3.63) is 34.9 Å². The Kier molecular flexibility index (Phi) is 5.50. The number of ether oxygens (including phenoxy) is 2. The highest BCUT2D eigenvalue weighted by Crippen LogP contribution is 2.37. The second-order valence-electron chi connectivity index (χ2n) is 4.90. The molecule has 23 heavy (non-hydrogen) atoms. The fourth-order valence-electron chi connectivity index (χ4n) is 2.52. The predicted octanol–water partition coefficient (Wildman–Crippen LogP) is 2.52. The van der Waals surface area contributed by atoms with E-state index < -0.39 is 0 Å². The van der Waals surface area contributed by atoms with Gasteiger partial charge in [0, 0.05) is 19.2 Å². The molecule has 124 valence electrons. The number of amides is 2. The van der Waals surface area contributed by atoms with Crippen LogP contribution in [0.3, 0.4) is 0 Å². The lowest BCUT2D eigenvalue weighted by atomic mass is 10.1.